The van der Waals surface area contributed by atoms with E-state index in [1.54, 1.807) is 6.08 Å². The molecule has 0 aromatic carbocycles. The van der Waals surface area contributed by atoms with Gasteiger partial charge in [-0.1, -0.05) is 39.0 Å². The van der Waals surface area contributed by atoms with Crippen LogP contribution in [0.25, 0.3) is 0 Å². The summed E-state index contributed by atoms with van der Waals surface area (Å²) in [5.74, 6) is 6.19. The number of hydrogen-bond donors (Lipinski definition) is 1. The lowest BCUT2D eigenvalue weighted by molar-refractivity contribution is -0.117. The lowest BCUT2D eigenvalue weighted by Gasteiger charge is -2.27. The van der Waals surface area contributed by atoms with Crippen LogP contribution in [0.3, 0.4) is 0 Å². The van der Waals surface area contributed by atoms with E-state index in [9.17, 15) is 9.90 Å². The van der Waals surface area contributed by atoms with Crippen molar-refractivity contribution < 1.29 is 9.90 Å². The molecule has 0 radical (unpaired) electrons. The Morgan fingerprint density at radius 1 is 1.44 bits per heavy atom. The van der Waals surface area contributed by atoms with E-state index in [4.69, 9.17) is 0 Å². The number of carbonyl (C=O) groups excluding carboxylic acids is 1. The van der Waals surface area contributed by atoms with E-state index in [1.165, 1.54) is 0 Å². The largest absolute Gasteiger partial charge is 0.373 e. The first-order chi connectivity index (χ1) is 8.35. The van der Waals surface area contributed by atoms with Crippen LogP contribution < -0.4 is 0 Å². The van der Waals surface area contributed by atoms with E-state index in [2.05, 4.69) is 18.8 Å². The predicted octanol–water partition coefficient (Wildman–Crippen LogP) is 2.71. The summed E-state index contributed by atoms with van der Waals surface area (Å²) in [6.07, 6.45) is 4.57. The maximum atomic E-state index is 11.9. The fourth-order valence-corrected chi connectivity index (χ4v) is 3.25. The van der Waals surface area contributed by atoms with Crippen molar-refractivity contribution in [3.8, 4) is 11.8 Å². The van der Waals surface area contributed by atoms with E-state index in [1.807, 2.05) is 20.8 Å². The Morgan fingerprint density at radius 3 is 2.72 bits per heavy atom. The summed E-state index contributed by atoms with van der Waals surface area (Å²) < 4.78 is 0. The first-order valence-corrected chi connectivity index (χ1v) is 6.80. The van der Waals surface area contributed by atoms with Gasteiger partial charge >= 0.3 is 0 Å². The number of allylic oxidation sites excluding steroid dienone is 1. The van der Waals surface area contributed by atoms with Crippen LogP contribution in [-0.4, -0.2) is 16.5 Å². The fourth-order valence-electron chi connectivity index (χ4n) is 3.25. The van der Waals surface area contributed by atoms with Gasteiger partial charge in [-0.15, -0.1) is 0 Å². The summed E-state index contributed by atoms with van der Waals surface area (Å²) in [5, 5.41) is 10.8. The van der Waals surface area contributed by atoms with Gasteiger partial charge in [0.15, 0.2) is 11.4 Å². The zero-order valence-corrected chi connectivity index (χ0v) is 11.7. The summed E-state index contributed by atoms with van der Waals surface area (Å²) in [6.45, 7) is 8.04. The van der Waals surface area contributed by atoms with Crippen LogP contribution in [-0.2, 0) is 4.79 Å². The molecule has 0 heterocycles. The molecule has 0 bridgehead atoms. The molecule has 2 heteroatoms. The van der Waals surface area contributed by atoms with E-state index in [0.29, 0.717) is 5.57 Å². The highest BCUT2D eigenvalue weighted by atomic mass is 16.3. The van der Waals surface area contributed by atoms with Gasteiger partial charge in [0.05, 0.1) is 0 Å². The van der Waals surface area contributed by atoms with E-state index >= 15 is 0 Å². The van der Waals surface area contributed by atoms with Crippen molar-refractivity contribution in [2.24, 2.45) is 17.3 Å². The number of aliphatic hydroxyl groups is 1. The van der Waals surface area contributed by atoms with Gasteiger partial charge in [0, 0.05) is 18.3 Å². The van der Waals surface area contributed by atoms with Gasteiger partial charge in [-0.05, 0) is 30.4 Å². The number of unbranched alkanes of at least 4 members (excludes halogenated alkanes) is 2. The monoisotopic (exact) mass is 246 g/mol. The van der Waals surface area contributed by atoms with Crippen molar-refractivity contribution in [1.29, 1.82) is 0 Å². The van der Waals surface area contributed by atoms with Crippen molar-refractivity contribution in [3.63, 3.8) is 0 Å². The third-order valence-corrected chi connectivity index (χ3v) is 4.48. The molecule has 98 valence electrons. The standard InChI is InChI=1S/C16H22O2/c1-5-6-7-8-9-16(18)11(2)10-12(17)13-14(16)15(13,3)4/h10,13-14,18H,5-7H2,1-4H3/t13-,14+,16+/m1/s1. The molecule has 0 saturated heterocycles. The first-order valence-electron chi connectivity index (χ1n) is 6.80. The summed E-state index contributed by atoms with van der Waals surface area (Å²) in [6, 6.07) is 0. The molecule has 0 aromatic rings. The normalized spacial score (nSPS) is 36.3. The molecule has 0 amide bonds. The van der Waals surface area contributed by atoms with Crippen molar-refractivity contribution >= 4 is 5.78 Å². The minimum atomic E-state index is -1.09. The van der Waals surface area contributed by atoms with Crippen molar-refractivity contribution in [3.05, 3.63) is 11.6 Å². The van der Waals surface area contributed by atoms with Gasteiger partial charge in [0.2, 0.25) is 0 Å². The molecule has 2 aliphatic carbocycles. The minimum Gasteiger partial charge on any atom is -0.373 e. The van der Waals surface area contributed by atoms with Crippen LogP contribution in [0.4, 0.5) is 0 Å². The lowest BCUT2D eigenvalue weighted by atomic mass is 9.82. The van der Waals surface area contributed by atoms with E-state index < -0.39 is 5.60 Å². The molecular formula is C16H22O2. The number of carbonyl (C=O) groups is 1. The summed E-state index contributed by atoms with van der Waals surface area (Å²) in [5.41, 5.74) is -0.502. The highest BCUT2D eigenvalue weighted by molar-refractivity contribution is 5.98. The summed E-state index contributed by atoms with van der Waals surface area (Å²) >= 11 is 0. The second-order valence-electron chi connectivity index (χ2n) is 6.18. The molecule has 2 nitrogen and oxygen atoms in total. The number of fused-ring (bicyclic) bond motifs is 1. The van der Waals surface area contributed by atoms with Gasteiger partial charge < -0.3 is 5.11 Å². The molecule has 1 saturated carbocycles. The van der Waals surface area contributed by atoms with E-state index in [-0.39, 0.29) is 23.0 Å². The average Bonchev–Trinajstić information content (AvgIpc) is 2.87. The quantitative estimate of drug-likeness (QED) is 0.601. The fraction of sp³-hybridized carbons (Fsp3) is 0.688. The Bertz CT molecular complexity index is 461. The van der Waals surface area contributed by atoms with Gasteiger partial charge in [-0.3, -0.25) is 4.79 Å². The SMILES string of the molecule is CCCCC#C[C@]1(O)C(C)=CC(=O)[C@@H]2[C@H]1C2(C)C. The number of hydrogen-bond acceptors (Lipinski definition) is 2. The van der Waals surface area contributed by atoms with Gasteiger partial charge in [0.25, 0.3) is 0 Å². The number of ketones is 1. The minimum absolute atomic E-state index is 0.0309. The van der Waals surface area contributed by atoms with Gasteiger partial charge in [-0.2, -0.15) is 0 Å². The van der Waals surface area contributed by atoms with Crippen LogP contribution in [0.1, 0.15) is 47.0 Å². The molecule has 3 atom stereocenters. The molecule has 2 rings (SSSR count). The Hall–Kier alpha value is -1.07. The average molecular weight is 246 g/mol. The first kappa shape index (κ1) is 13.4. The van der Waals surface area contributed by atoms with Crippen LogP contribution in [0, 0.1) is 29.1 Å². The Kier molecular flexibility index (Phi) is 3.15. The third-order valence-electron chi connectivity index (χ3n) is 4.48. The smallest absolute Gasteiger partial charge is 0.159 e. The second kappa shape index (κ2) is 4.24. The van der Waals surface area contributed by atoms with Crippen LogP contribution in [0.15, 0.2) is 11.6 Å². The topological polar surface area (TPSA) is 37.3 Å². The number of rotatable bonds is 2. The maximum Gasteiger partial charge on any atom is 0.159 e. The Labute approximate surface area is 109 Å². The molecule has 0 spiro atoms. The van der Waals surface area contributed by atoms with E-state index in [0.717, 1.165) is 19.3 Å². The van der Waals surface area contributed by atoms with Crippen molar-refractivity contribution in [2.75, 3.05) is 0 Å². The molecule has 2 aliphatic rings. The molecule has 18 heavy (non-hydrogen) atoms. The summed E-state index contributed by atoms with van der Waals surface area (Å²) in [4.78, 5) is 11.9. The van der Waals surface area contributed by atoms with Crippen molar-refractivity contribution in [1.82, 2.24) is 0 Å². The molecule has 0 aromatic heterocycles. The molecule has 0 aliphatic heterocycles. The van der Waals surface area contributed by atoms with Crippen LogP contribution >= 0.6 is 0 Å². The molecular weight excluding hydrogens is 224 g/mol. The Morgan fingerprint density at radius 2 is 2.11 bits per heavy atom. The van der Waals surface area contributed by atoms with Gasteiger partial charge in [-0.25, -0.2) is 0 Å². The van der Waals surface area contributed by atoms with Crippen molar-refractivity contribution in [2.45, 2.75) is 52.6 Å². The Balaban J connectivity index is 2.27. The lowest BCUT2D eigenvalue weighted by Crippen LogP contribution is -2.36. The molecule has 1 N–H and O–H groups in total. The molecule has 0 unspecified atom stereocenters. The zero-order valence-electron chi connectivity index (χ0n) is 11.7. The van der Waals surface area contributed by atoms with Crippen LogP contribution in [0.2, 0.25) is 0 Å². The molecule has 1 fully saturated rings. The predicted molar refractivity (Wildman–Crippen MR) is 71.8 cm³/mol. The third kappa shape index (κ3) is 1.82. The summed E-state index contributed by atoms with van der Waals surface area (Å²) in [7, 11) is 0. The zero-order chi connectivity index (χ0) is 13.6. The van der Waals surface area contributed by atoms with Crippen LogP contribution in [0.5, 0.6) is 0 Å². The van der Waals surface area contributed by atoms with Gasteiger partial charge in [0.1, 0.15) is 0 Å². The maximum absolute atomic E-state index is 11.9. The second-order valence-corrected chi connectivity index (χ2v) is 6.18. The highest BCUT2D eigenvalue weighted by Gasteiger charge is 2.70. The highest BCUT2D eigenvalue weighted by Crippen LogP contribution is 2.66.